The lowest BCUT2D eigenvalue weighted by molar-refractivity contribution is 0.242. The highest BCUT2D eigenvalue weighted by molar-refractivity contribution is 7.18. The Morgan fingerprint density at radius 3 is 2.86 bits per heavy atom. The molecular weight excluding hydrogens is 376 g/mol. The van der Waals surface area contributed by atoms with Crippen LogP contribution in [0.4, 0.5) is 0 Å². The number of hydrogen-bond donors (Lipinski definition) is 1. The highest BCUT2D eigenvalue weighted by atomic mass is 32.1. The van der Waals surface area contributed by atoms with E-state index in [-0.39, 0.29) is 6.10 Å². The van der Waals surface area contributed by atoms with Crippen LogP contribution >= 0.6 is 11.3 Å². The second-order valence-electron chi connectivity index (χ2n) is 7.54. The van der Waals surface area contributed by atoms with Crippen molar-refractivity contribution in [3.8, 4) is 38.6 Å². The number of fused-ring (bicyclic) bond motifs is 1. The van der Waals surface area contributed by atoms with E-state index in [1.165, 1.54) is 21.6 Å². The zero-order valence-electron chi connectivity index (χ0n) is 17.4. The standard InChI is InChI=1S/C25H26N2OS/c1-5-7-17-14-18(10-13-23(17)28-16(2)3)25-27-15-24(29-25)21-9-6-8-20-19(21)11-12-22(20)26-4/h6,8-10,13-16,22,26H,11-12H2,1-4H3. The number of ether oxygens (including phenoxy) is 1. The van der Waals surface area contributed by atoms with Crippen molar-refractivity contribution in [2.75, 3.05) is 7.05 Å². The first-order valence-corrected chi connectivity index (χ1v) is 10.9. The average Bonchev–Trinajstić information content (AvgIpc) is 3.36. The van der Waals surface area contributed by atoms with Crippen molar-refractivity contribution >= 4 is 11.3 Å². The fourth-order valence-electron chi connectivity index (χ4n) is 3.97. The first kappa shape index (κ1) is 19.7. The van der Waals surface area contributed by atoms with Gasteiger partial charge in [0.05, 0.1) is 16.5 Å². The van der Waals surface area contributed by atoms with Crippen LogP contribution in [0.15, 0.2) is 42.6 Å². The first-order valence-electron chi connectivity index (χ1n) is 10.1. The Bertz CT molecular complexity index is 1090. The van der Waals surface area contributed by atoms with Gasteiger partial charge in [0.15, 0.2) is 0 Å². The van der Waals surface area contributed by atoms with Crippen LogP contribution in [0.1, 0.15) is 49.9 Å². The molecule has 29 heavy (non-hydrogen) atoms. The smallest absolute Gasteiger partial charge is 0.135 e. The van der Waals surface area contributed by atoms with Crippen molar-refractivity contribution in [3.63, 3.8) is 0 Å². The van der Waals surface area contributed by atoms with E-state index in [0.717, 1.165) is 34.7 Å². The molecule has 0 aliphatic heterocycles. The maximum absolute atomic E-state index is 5.91. The van der Waals surface area contributed by atoms with E-state index in [9.17, 15) is 0 Å². The Morgan fingerprint density at radius 1 is 1.24 bits per heavy atom. The number of nitrogens with one attached hydrogen (secondary N) is 1. The Balaban J connectivity index is 1.69. The Morgan fingerprint density at radius 2 is 2.10 bits per heavy atom. The largest absolute Gasteiger partial charge is 0.490 e. The Hall–Kier alpha value is -2.61. The number of thiazole rings is 1. The minimum absolute atomic E-state index is 0.117. The molecule has 4 heteroatoms. The summed E-state index contributed by atoms with van der Waals surface area (Å²) in [6.45, 7) is 5.91. The fraction of sp³-hybridized carbons (Fsp3) is 0.320. The third kappa shape index (κ3) is 3.94. The van der Waals surface area contributed by atoms with Crippen LogP contribution in [0, 0.1) is 11.8 Å². The molecule has 1 aliphatic carbocycles. The SMILES string of the molecule is CC#Cc1cc(-c2ncc(-c3cccc4c3CCC4NC)s2)ccc1OC(C)C. The molecule has 3 aromatic rings. The van der Waals surface area contributed by atoms with Crippen LogP contribution in [0.3, 0.4) is 0 Å². The Kier molecular flexibility index (Phi) is 5.71. The summed E-state index contributed by atoms with van der Waals surface area (Å²) < 4.78 is 5.91. The van der Waals surface area contributed by atoms with Gasteiger partial charge in [-0.1, -0.05) is 24.1 Å². The topological polar surface area (TPSA) is 34.2 Å². The van der Waals surface area contributed by atoms with Gasteiger partial charge in [-0.25, -0.2) is 4.98 Å². The molecular formula is C25H26N2OS. The monoisotopic (exact) mass is 402 g/mol. The summed E-state index contributed by atoms with van der Waals surface area (Å²) in [5.41, 5.74) is 6.19. The van der Waals surface area contributed by atoms with Crippen LogP contribution in [-0.2, 0) is 6.42 Å². The molecule has 0 bridgehead atoms. The van der Waals surface area contributed by atoms with E-state index < -0.39 is 0 Å². The molecule has 0 fully saturated rings. The van der Waals surface area contributed by atoms with Gasteiger partial charge in [0.1, 0.15) is 10.8 Å². The predicted molar refractivity (Wildman–Crippen MR) is 121 cm³/mol. The van der Waals surface area contributed by atoms with Crippen LogP contribution in [0.25, 0.3) is 21.0 Å². The lowest BCUT2D eigenvalue weighted by Gasteiger charge is -2.12. The first-order chi connectivity index (χ1) is 14.1. The summed E-state index contributed by atoms with van der Waals surface area (Å²) in [7, 11) is 2.04. The molecule has 0 saturated carbocycles. The van der Waals surface area contributed by atoms with E-state index in [0.29, 0.717) is 6.04 Å². The average molecular weight is 403 g/mol. The second-order valence-corrected chi connectivity index (χ2v) is 8.57. The fourth-order valence-corrected chi connectivity index (χ4v) is 4.93. The van der Waals surface area contributed by atoms with Gasteiger partial charge < -0.3 is 10.1 Å². The van der Waals surface area contributed by atoms with E-state index in [4.69, 9.17) is 9.72 Å². The van der Waals surface area contributed by atoms with Gasteiger partial charge in [-0.15, -0.1) is 17.3 Å². The number of rotatable bonds is 5. The van der Waals surface area contributed by atoms with Crippen LogP contribution in [-0.4, -0.2) is 18.1 Å². The minimum Gasteiger partial charge on any atom is -0.490 e. The maximum Gasteiger partial charge on any atom is 0.135 e. The molecule has 1 unspecified atom stereocenters. The van der Waals surface area contributed by atoms with Gasteiger partial charge in [0.25, 0.3) is 0 Å². The lowest BCUT2D eigenvalue weighted by Crippen LogP contribution is -2.12. The highest BCUT2D eigenvalue weighted by Gasteiger charge is 2.24. The van der Waals surface area contributed by atoms with Crippen molar-refractivity contribution in [2.45, 2.75) is 45.8 Å². The van der Waals surface area contributed by atoms with E-state index in [1.54, 1.807) is 11.3 Å². The highest BCUT2D eigenvalue weighted by Crippen LogP contribution is 2.41. The molecule has 1 N–H and O–H groups in total. The zero-order chi connectivity index (χ0) is 20.4. The van der Waals surface area contributed by atoms with Gasteiger partial charge in [0, 0.05) is 17.8 Å². The molecule has 4 rings (SSSR count). The second kappa shape index (κ2) is 8.41. The van der Waals surface area contributed by atoms with Crippen molar-refractivity contribution in [1.82, 2.24) is 10.3 Å². The van der Waals surface area contributed by atoms with Crippen LogP contribution in [0.2, 0.25) is 0 Å². The summed E-state index contributed by atoms with van der Waals surface area (Å²) in [4.78, 5) is 5.95. The minimum atomic E-state index is 0.117. The van der Waals surface area contributed by atoms with E-state index >= 15 is 0 Å². The summed E-state index contributed by atoms with van der Waals surface area (Å²) in [5.74, 6) is 6.99. The molecule has 1 heterocycles. The summed E-state index contributed by atoms with van der Waals surface area (Å²) in [5, 5.41) is 4.44. The summed E-state index contributed by atoms with van der Waals surface area (Å²) in [6.07, 6.45) is 4.39. The molecule has 2 aromatic carbocycles. The molecule has 1 aromatic heterocycles. The normalized spacial score (nSPS) is 15.1. The number of nitrogens with zero attached hydrogens (tertiary/aromatic N) is 1. The van der Waals surface area contributed by atoms with Crippen LogP contribution in [0.5, 0.6) is 5.75 Å². The third-order valence-corrected chi connectivity index (χ3v) is 6.32. The van der Waals surface area contributed by atoms with Gasteiger partial charge in [-0.2, -0.15) is 0 Å². The lowest BCUT2D eigenvalue weighted by atomic mass is 10.0. The van der Waals surface area contributed by atoms with Gasteiger partial charge >= 0.3 is 0 Å². The van der Waals surface area contributed by atoms with Crippen LogP contribution < -0.4 is 10.1 Å². The zero-order valence-corrected chi connectivity index (χ0v) is 18.2. The van der Waals surface area contributed by atoms with Crippen molar-refractivity contribution < 1.29 is 4.74 Å². The molecule has 0 spiro atoms. The van der Waals surface area contributed by atoms with Gasteiger partial charge in [-0.05, 0) is 75.5 Å². The van der Waals surface area contributed by atoms with Crippen molar-refractivity contribution in [2.24, 2.45) is 0 Å². The molecule has 148 valence electrons. The predicted octanol–water partition coefficient (Wildman–Crippen LogP) is 5.84. The molecule has 1 aliphatic rings. The van der Waals surface area contributed by atoms with E-state index in [2.05, 4.69) is 47.5 Å². The number of aromatic nitrogens is 1. The molecule has 0 amide bonds. The molecule has 0 saturated heterocycles. The Labute approximate surface area is 177 Å². The summed E-state index contributed by atoms with van der Waals surface area (Å²) in [6, 6.07) is 13.3. The molecule has 3 nitrogen and oxygen atoms in total. The third-order valence-electron chi connectivity index (χ3n) is 5.24. The van der Waals surface area contributed by atoms with Gasteiger partial charge in [-0.3, -0.25) is 0 Å². The quantitative estimate of drug-likeness (QED) is 0.544. The van der Waals surface area contributed by atoms with Crippen molar-refractivity contribution in [1.29, 1.82) is 0 Å². The van der Waals surface area contributed by atoms with E-state index in [1.807, 2.05) is 40.1 Å². The summed E-state index contributed by atoms with van der Waals surface area (Å²) >= 11 is 1.74. The molecule has 0 radical (unpaired) electrons. The maximum atomic E-state index is 5.91. The molecule has 1 atom stereocenters. The van der Waals surface area contributed by atoms with Crippen molar-refractivity contribution in [3.05, 3.63) is 59.3 Å². The number of hydrogen-bond acceptors (Lipinski definition) is 4. The van der Waals surface area contributed by atoms with Gasteiger partial charge in [0.2, 0.25) is 0 Å². The number of benzene rings is 2.